The molecule has 3 nitrogen and oxygen atoms in total. The minimum absolute atomic E-state index is 0.0542. The van der Waals surface area contributed by atoms with Gasteiger partial charge in [-0.3, -0.25) is 0 Å². The highest BCUT2D eigenvalue weighted by Gasteiger charge is 2.30. The number of hydrogen-bond acceptors (Lipinski definition) is 3. The van der Waals surface area contributed by atoms with Crippen LogP contribution < -0.4 is 21.2 Å². The van der Waals surface area contributed by atoms with Gasteiger partial charge < -0.3 is 9.84 Å². The second kappa shape index (κ2) is 5.75. The molecule has 0 spiro atoms. The van der Waals surface area contributed by atoms with Gasteiger partial charge in [0.15, 0.2) is 9.33 Å². The quantitative estimate of drug-likeness (QED) is 0.333. The van der Waals surface area contributed by atoms with Crippen molar-refractivity contribution >= 4 is 5.97 Å². The van der Waals surface area contributed by atoms with E-state index in [1.54, 1.807) is 0 Å². The number of carbonyl (C=O) groups is 1. The van der Waals surface area contributed by atoms with Gasteiger partial charge in [-0.2, -0.15) is 0 Å². The Hall–Kier alpha value is -1.04. The minimum Gasteiger partial charge on any atom is -0.508 e. The van der Waals surface area contributed by atoms with Crippen LogP contribution in [0.15, 0.2) is 39.7 Å². The summed E-state index contributed by atoms with van der Waals surface area (Å²) in [6.07, 6.45) is 0. The average Bonchev–Trinajstić information content (AvgIpc) is 2.26. The number of hydrogen-bond donors (Lipinski definition) is 1. The second-order valence-electron chi connectivity index (χ2n) is 2.78. The molecule has 1 N–H and O–H groups in total. The maximum absolute atomic E-state index is 11.3. The normalized spacial score (nSPS) is 11.9. The molecule has 0 aliphatic heterocycles. The van der Waals surface area contributed by atoms with E-state index >= 15 is 0 Å². The number of aliphatic hydroxyl groups excluding tert-OH is 1. The zero-order valence-electron chi connectivity index (χ0n) is 8.53. The number of esters is 1. The highest BCUT2D eigenvalue weighted by Crippen LogP contribution is 1.92. The smallest absolute Gasteiger partial charge is 0.388 e. The van der Waals surface area contributed by atoms with E-state index < -0.39 is 27.2 Å². The van der Waals surface area contributed by atoms with Crippen LogP contribution in [0.25, 0.3) is 0 Å². The van der Waals surface area contributed by atoms with Crippen molar-refractivity contribution < 1.29 is 35.8 Å². The summed E-state index contributed by atoms with van der Waals surface area (Å²) < 4.78 is 6.10. The number of allylic oxidation sites excluding steroid dienone is 1. The van der Waals surface area contributed by atoms with Gasteiger partial charge in [0.25, 0.3) is 0 Å². The zero-order chi connectivity index (χ0) is 11.3. The molecule has 0 amide bonds. The number of halogens is 1. The van der Waals surface area contributed by atoms with Gasteiger partial charge >= 0.3 is 30.8 Å². The van der Waals surface area contributed by atoms with Crippen molar-refractivity contribution in [2.45, 2.75) is 6.92 Å². The van der Waals surface area contributed by atoms with E-state index in [0.717, 1.165) is 3.57 Å². The van der Waals surface area contributed by atoms with E-state index in [1.807, 2.05) is 30.3 Å². The largest absolute Gasteiger partial charge is 0.508 e. The Labute approximate surface area is 99.0 Å². The van der Waals surface area contributed by atoms with Crippen molar-refractivity contribution in [2.75, 3.05) is 7.11 Å². The maximum atomic E-state index is 11.3. The Morgan fingerprint density at radius 1 is 1.33 bits per heavy atom. The van der Waals surface area contributed by atoms with Gasteiger partial charge in [0.05, 0.1) is 7.11 Å². The summed E-state index contributed by atoms with van der Waals surface area (Å²) in [6.45, 7) is 1.51. The molecule has 0 atom stereocenters. The second-order valence-corrected chi connectivity index (χ2v) is 5.64. The number of methoxy groups -OCH3 is 1. The standard InChI is InChI=1S/C11H11IO3/c1-8(13)10(11(14)15-2)12-9-6-4-3-5-7-9/h3-7H,1-2H3/p+1. The Morgan fingerprint density at radius 3 is 2.40 bits per heavy atom. The Balaban J connectivity index is 2.87. The Bertz CT molecular complexity index is 367. The molecule has 0 heterocycles. The molecule has 0 aliphatic carbocycles. The van der Waals surface area contributed by atoms with Crippen molar-refractivity contribution in [1.82, 2.24) is 0 Å². The summed E-state index contributed by atoms with van der Waals surface area (Å²) in [4.78, 5) is 11.3. The van der Waals surface area contributed by atoms with Gasteiger partial charge in [-0.15, -0.1) is 0 Å². The topological polar surface area (TPSA) is 46.5 Å². The van der Waals surface area contributed by atoms with Crippen molar-refractivity contribution in [3.05, 3.63) is 43.2 Å². The van der Waals surface area contributed by atoms with Crippen LogP contribution in [0, 0.1) is 3.57 Å². The molecule has 0 bridgehead atoms. The molecule has 15 heavy (non-hydrogen) atoms. The van der Waals surface area contributed by atoms with E-state index in [1.165, 1.54) is 14.0 Å². The molecule has 4 heteroatoms. The van der Waals surface area contributed by atoms with E-state index in [4.69, 9.17) is 0 Å². The van der Waals surface area contributed by atoms with E-state index in [2.05, 4.69) is 4.74 Å². The number of ether oxygens (including phenoxy) is 1. The fraction of sp³-hybridized carbons (Fsp3) is 0.182. The highest BCUT2D eigenvalue weighted by molar-refractivity contribution is 5.85. The third-order valence-electron chi connectivity index (χ3n) is 1.62. The number of rotatable bonds is 3. The molecule has 1 rings (SSSR count). The lowest BCUT2D eigenvalue weighted by Crippen LogP contribution is -3.61. The van der Waals surface area contributed by atoms with Crippen LogP contribution in [0.3, 0.4) is 0 Å². The van der Waals surface area contributed by atoms with Gasteiger partial charge in [-0.05, 0) is 19.1 Å². The monoisotopic (exact) mass is 319 g/mol. The van der Waals surface area contributed by atoms with Crippen molar-refractivity contribution in [1.29, 1.82) is 0 Å². The van der Waals surface area contributed by atoms with Gasteiger partial charge in [0.2, 0.25) is 0 Å². The van der Waals surface area contributed by atoms with E-state index in [9.17, 15) is 9.90 Å². The lowest BCUT2D eigenvalue weighted by atomic mass is 10.4. The lowest BCUT2D eigenvalue weighted by Gasteiger charge is -1.94. The first-order valence-corrected chi connectivity index (χ1v) is 6.49. The van der Waals surface area contributed by atoms with Gasteiger partial charge in [0, 0.05) is 0 Å². The summed E-state index contributed by atoms with van der Waals surface area (Å²) in [7, 11) is 1.32. The van der Waals surface area contributed by atoms with Crippen LogP contribution in [-0.4, -0.2) is 18.2 Å². The fourth-order valence-electron chi connectivity index (χ4n) is 0.931. The summed E-state index contributed by atoms with van der Waals surface area (Å²) in [6, 6.07) is 9.63. The van der Waals surface area contributed by atoms with Gasteiger partial charge in [0.1, 0.15) is 0 Å². The van der Waals surface area contributed by atoms with Crippen molar-refractivity contribution in [2.24, 2.45) is 0 Å². The first-order chi connectivity index (χ1) is 7.15. The van der Waals surface area contributed by atoms with Crippen LogP contribution in [0.4, 0.5) is 0 Å². The van der Waals surface area contributed by atoms with Gasteiger partial charge in [-0.25, -0.2) is 4.79 Å². The Kier molecular flexibility index (Phi) is 4.61. The van der Waals surface area contributed by atoms with Crippen LogP contribution in [0.5, 0.6) is 0 Å². The van der Waals surface area contributed by atoms with Gasteiger partial charge in [-0.1, -0.05) is 18.2 Å². The fourth-order valence-corrected chi connectivity index (χ4v) is 3.16. The maximum Gasteiger partial charge on any atom is 0.388 e. The predicted octanol–water partition coefficient (Wildman–Crippen LogP) is -1.09. The number of carbonyl (C=O) groups excluding carboxylic acids is 1. The first kappa shape index (κ1) is 12.0. The molecule has 80 valence electrons. The average molecular weight is 319 g/mol. The predicted molar refractivity (Wildman–Crippen MR) is 52.5 cm³/mol. The SMILES string of the molecule is COC(=O)/C([I+]c1ccccc1)=C(/C)O. The minimum atomic E-state index is -0.671. The highest BCUT2D eigenvalue weighted by atomic mass is 127. The molecular formula is C11H12IO3+. The summed E-state index contributed by atoms with van der Waals surface area (Å²) >= 11 is -0.671. The molecule has 0 radical (unpaired) electrons. The summed E-state index contributed by atoms with van der Waals surface area (Å²) in [5.41, 5.74) is 0. The van der Waals surface area contributed by atoms with E-state index in [-0.39, 0.29) is 5.76 Å². The summed E-state index contributed by atoms with van der Waals surface area (Å²) in [5.74, 6) is -0.384. The van der Waals surface area contributed by atoms with E-state index in [0.29, 0.717) is 3.58 Å². The third-order valence-corrected chi connectivity index (χ3v) is 4.72. The molecular weight excluding hydrogens is 307 g/mol. The molecule has 0 fully saturated rings. The van der Waals surface area contributed by atoms with Crippen LogP contribution in [-0.2, 0) is 9.53 Å². The molecule has 1 aromatic rings. The molecule has 0 unspecified atom stereocenters. The molecule has 1 aromatic carbocycles. The molecule has 0 saturated carbocycles. The van der Waals surface area contributed by atoms with Crippen molar-refractivity contribution in [3.8, 4) is 0 Å². The van der Waals surface area contributed by atoms with Crippen LogP contribution in [0.2, 0.25) is 0 Å². The number of benzene rings is 1. The molecule has 0 saturated heterocycles. The third kappa shape index (κ3) is 3.54. The first-order valence-electron chi connectivity index (χ1n) is 4.33. The van der Waals surface area contributed by atoms with Crippen LogP contribution in [0.1, 0.15) is 6.92 Å². The summed E-state index contributed by atoms with van der Waals surface area (Å²) in [5, 5.41) is 9.38. The Morgan fingerprint density at radius 2 is 1.93 bits per heavy atom. The van der Waals surface area contributed by atoms with Crippen LogP contribution >= 0.6 is 0 Å². The number of aliphatic hydroxyl groups is 1. The zero-order valence-corrected chi connectivity index (χ0v) is 10.7. The van der Waals surface area contributed by atoms with Crippen molar-refractivity contribution in [3.63, 3.8) is 0 Å². The lowest BCUT2D eigenvalue weighted by molar-refractivity contribution is -0.573. The molecule has 0 aromatic heterocycles. The molecule has 0 aliphatic rings.